The quantitative estimate of drug-likeness (QED) is 0.805. The molecule has 1 N–H and O–H groups in total. The summed E-state index contributed by atoms with van der Waals surface area (Å²) in [7, 11) is 0. The number of carboxylic acid groups (broad SMARTS) is 1. The number of carbonyl (C=O) groups is 1. The first-order valence-corrected chi connectivity index (χ1v) is 5.34. The maximum absolute atomic E-state index is 10.4. The van der Waals surface area contributed by atoms with Crippen molar-refractivity contribution < 1.29 is 14.6 Å². The van der Waals surface area contributed by atoms with Crippen LogP contribution in [0.2, 0.25) is 0 Å². The molecule has 0 spiro atoms. The molecule has 1 saturated heterocycles. The van der Waals surface area contributed by atoms with Gasteiger partial charge in [0.05, 0.1) is 19.3 Å². The van der Waals surface area contributed by atoms with Gasteiger partial charge in [-0.1, -0.05) is 30.3 Å². The molecule has 4 nitrogen and oxygen atoms in total. The summed E-state index contributed by atoms with van der Waals surface area (Å²) in [6.45, 7) is 2.16. The smallest absolute Gasteiger partial charge is 0.317 e. The van der Waals surface area contributed by atoms with Crippen molar-refractivity contribution in [2.75, 3.05) is 19.6 Å². The Morgan fingerprint density at radius 1 is 1.38 bits per heavy atom. The van der Waals surface area contributed by atoms with E-state index in [0.717, 1.165) is 18.7 Å². The number of hydrogen-bond donors (Lipinski definition) is 1. The number of ether oxygens (including phenoxy) is 1. The third-order valence-corrected chi connectivity index (χ3v) is 2.61. The minimum absolute atomic E-state index is 0.116. The molecule has 1 aliphatic heterocycles. The lowest BCUT2D eigenvalue weighted by atomic mass is 10.1. The van der Waals surface area contributed by atoms with E-state index in [2.05, 4.69) is 0 Å². The third-order valence-electron chi connectivity index (χ3n) is 2.61. The van der Waals surface area contributed by atoms with Gasteiger partial charge in [-0.05, 0) is 5.56 Å². The van der Waals surface area contributed by atoms with Crippen LogP contribution < -0.4 is 0 Å². The molecular formula is C12H15NO3. The minimum Gasteiger partial charge on any atom is -0.480 e. The topological polar surface area (TPSA) is 49.8 Å². The lowest BCUT2D eigenvalue weighted by Crippen LogP contribution is -2.53. The van der Waals surface area contributed by atoms with Gasteiger partial charge < -0.3 is 9.84 Å². The Hall–Kier alpha value is -1.39. The zero-order chi connectivity index (χ0) is 11.4. The minimum atomic E-state index is -0.776. The van der Waals surface area contributed by atoms with Crippen LogP contribution in [-0.4, -0.2) is 41.7 Å². The number of hydrogen-bond acceptors (Lipinski definition) is 3. The van der Waals surface area contributed by atoms with Crippen LogP contribution >= 0.6 is 0 Å². The van der Waals surface area contributed by atoms with Crippen molar-refractivity contribution in [2.24, 2.45) is 0 Å². The standard InChI is InChI=1S/C12H15NO3/c14-12(15)8-13-6-11(7-13)16-9-10-4-2-1-3-5-10/h1-5,11H,6-9H2,(H,14,15). The largest absolute Gasteiger partial charge is 0.480 e. The van der Waals surface area contributed by atoms with Crippen LogP contribution in [0.3, 0.4) is 0 Å². The number of likely N-dealkylation sites (tertiary alicyclic amines) is 1. The molecule has 0 aromatic heterocycles. The second-order valence-corrected chi connectivity index (χ2v) is 4.01. The van der Waals surface area contributed by atoms with Crippen LogP contribution in [0.4, 0.5) is 0 Å². The van der Waals surface area contributed by atoms with Crippen molar-refractivity contribution in [1.29, 1.82) is 0 Å². The van der Waals surface area contributed by atoms with E-state index in [0.29, 0.717) is 6.61 Å². The average Bonchev–Trinajstić information content (AvgIpc) is 2.22. The Balaban J connectivity index is 1.65. The van der Waals surface area contributed by atoms with E-state index >= 15 is 0 Å². The summed E-state index contributed by atoms with van der Waals surface area (Å²) in [5, 5.41) is 8.56. The molecule has 16 heavy (non-hydrogen) atoms. The molecule has 2 rings (SSSR count). The zero-order valence-corrected chi connectivity index (χ0v) is 9.00. The van der Waals surface area contributed by atoms with E-state index < -0.39 is 5.97 Å². The van der Waals surface area contributed by atoms with E-state index in [1.165, 1.54) is 0 Å². The van der Waals surface area contributed by atoms with Crippen LogP contribution in [0, 0.1) is 0 Å². The molecule has 0 radical (unpaired) electrons. The molecule has 1 aromatic rings. The van der Waals surface area contributed by atoms with Gasteiger partial charge in [-0.15, -0.1) is 0 Å². The molecule has 0 bridgehead atoms. The Morgan fingerprint density at radius 2 is 2.06 bits per heavy atom. The number of nitrogens with zero attached hydrogens (tertiary/aromatic N) is 1. The second kappa shape index (κ2) is 5.09. The molecule has 0 amide bonds. The molecule has 86 valence electrons. The van der Waals surface area contributed by atoms with Gasteiger partial charge in [0, 0.05) is 13.1 Å². The van der Waals surface area contributed by atoms with Crippen molar-refractivity contribution >= 4 is 5.97 Å². The Labute approximate surface area is 94.4 Å². The van der Waals surface area contributed by atoms with Crippen LogP contribution in [0.15, 0.2) is 30.3 Å². The average molecular weight is 221 g/mol. The van der Waals surface area contributed by atoms with Gasteiger partial charge >= 0.3 is 5.97 Å². The highest BCUT2D eigenvalue weighted by Gasteiger charge is 2.28. The van der Waals surface area contributed by atoms with Crippen molar-refractivity contribution in [1.82, 2.24) is 4.90 Å². The first-order valence-electron chi connectivity index (χ1n) is 5.34. The summed E-state index contributed by atoms with van der Waals surface area (Å²) < 4.78 is 5.64. The van der Waals surface area contributed by atoms with Crippen molar-refractivity contribution in [3.8, 4) is 0 Å². The summed E-state index contributed by atoms with van der Waals surface area (Å²) in [6.07, 6.45) is 0.180. The monoisotopic (exact) mass is 221 g/mol. The highest BCUT2D eigenvalue weighted by molar-refractivity contribution is 5.69. The van der Waals surface area contributed by atoms with E-state index in [4.69, 9.17) is 9.84 Å². The maximum atomic E-state index is 10.4. The zero-order valence-electron chi connectivity index (χ0n) is 9.00. The summed E-state index contributed by atoms with van der Waals surface area (Å²) in [6, 6.07) is 9.98. The number of rotatable bonds is 5. The van der Waals surface area contributed by atoms with E-state index in [1.54, 1.807) is 0 Å². The Morgan fingerprint density at radius 3 is 2.69 bits per heavy atom. The van der Waals surface area contributed by atoms with Gasteiger partial charge in [-0.2, -0.15) is 0 Å². The number of carboxylic acids is 1. The predicted molar refractivity (Wildman–Crippen MR) is 59.1 cm³/mol. The normalized spacial score (nSPS) is 17.0. The molecule has 1 aliphatic rings. The first kappa shape index (κ1) is 11.1. The predicted octanol–water partition coefficient (Wildman–Crippen LogP) is 0.972. The fraction of sp³-hybridized carbons (Fsp3) is 0.417. The lowest BCUT2D eigenvalue weighted by molar-refractivity contribution is -0.142. The lowest BCUT2D eigenvalue weighted by Gasteiger charge is -2.37. The van der Waals surface area contributed by atoms with Crippen LogP contribution in [0.25, 0.3) is 0 Å². The fourth-order valence-corrected chi connectivity index (χ4v) is 1.74. The molecular weight excluding hydrogens is 206 g/mol. The molecule has 4 heteroatoms. The van der Waals surface area contributed by atoms with Gasteiger partial charge in [-0.3, -0.25) is 9.69 Å². The number of benzene rings is 1. The third kappa shape index (κ3) is 3.05. The summed E-state index contributed by atoms with van der Waals surface area (Å²) in [5.74, 6) is -0.776. The number of aliphatic carboxylic acids is 1. The van der Waals surface area contributed by atoms with Gasteiger partial charge in [-0.25, -0.2) is 0 Å². The molecule has 1 heterocycles. The van der Waals surface area contributed by atoms with Gasteiger partial charge in [0.25, 0.3) is 0 Å². The van der Waals surface area contributed by atoms with E-state index in [-0.39, 0.29) is 12.6 Å². The summed E-state index contributed by atoms with van der Waals surface area (Å²) in [4.78, 5) is 12.3. The van der Waals surface area contributed by atoms with E-state index in [1.807, 2.05) is 35.2 Å². The van der Waals surface area contributed by atoms with E-state index in [9.17, 15) is 4.79 Å². The van der Waals surface area contributed by atoms with Gasteiger partial charge in [0.15, 0.2) is 0 Å². The van der Waals surface area contributed by atoms with Crippen LogP contribution in [0.5, 0.6) is 0 Å². The van der Waals surface area contributed by atoms with Crippen LogP contribution in [0.1, 0.15) is 5.56 Å². The SMILES string of the molecule is O=C(O)CN1CC(OCc2ccccc2)C1. The molecule has 0 atom stereocenters. The molecule has 1 fully saturated rings. The second-order valence-electron chi connectivity index (χ2n) is 4.01. The highest BCUT2D eigenvalue weighted by atomic mass is 16.5. The van der Waals surface area contributed by atoms with Crippen LogP contribution in [-0.2, 0) is 16.1 Å². The highest BCUT2D eigenvalue weighted by Crippen LogP contribution is 2.13. The first-order chi connectivity index (χ1) is 7.74. The molecule has 0 aliphatic carbocycles. The summed E-state index contributed by atoms with van der Waals surface area (Å²) in [5.41, 5.74) is 1.15. The fourth-order valence-electron chi connectivity index (χ4n) is 1.74. The van der Waals surface area contributed by atoms with Crippen molar-refractivity contribution in [2.45, 2.75) is 12.7 Å². The molecule has 0 saturated carbocycles. The summed E-state index contributed by atoms with van der Waals surface area (Å²) >= 11 is 0. The Kier molecular flexibility index (Phi) is 3.54. The maximum Gasteiger partial charge on any atom is 0.317 e. The van der Waals surface area contributed by atoms with Crippen molar-refractivity contribution in [3.63, 3.8) is 0 Å². The Bertz CT molecular complexity index is 347. The van der Waals surface area contributed by atoms with Gasteiger partial charge in [0.1, 0.15) is 0 Å². The van der Waals surface area contributed by atoms with Crippen molar-refractivity contribution in [3.05, 3.63) is 35.9 Å². The molecule has 0 unspecified atom stereocenters. The molecule has 1 aromatic carbocycles. The van der Waals surface area contributed by atoms with Gasteiger partial charge in [0.2, 0.25) is 0 Å².